The number of piperidine rings is 1. The number of benzene rings is 1. The molecule has 26 heavy (non-hydrogen) atoms. The summed E-state index contributed by atoms with van der Waals surface area (Å²) in [5.41, 5.74) is 0. The molecule has 0 aliphatic carbocycles. The third-order valence-electron chi connectivity index (χ3n) is 4.75. The second-order valence-electron chi connectivity index (χ2n) is 7.32. The van der Waals surface area contributed by atoms with Crippen LogP contribution in [0.4, 0.5) is 4.39 Å². The molecule has 0 saturated carbocycles. The maximum absolute atomic E-state index is 13.2. The summed E-state index contributed by atoms with van der Waals surface area (Å²) < 4.78 is 18.9. The van der Waals surface area contributed by atoms with Crippen molar-refractivity contribution in [2.45, 2.75) is 45.8 Å². The largest absolute Gasteiger partial charge is 0.489 e. The quantitative estimate of drug-likeness (QED) is 0.577. The molecular formula is C20H33FN4O. The second kappa shape index (κ2) is 10.4. The van der Waals surface area contributed by atoms with Crippen LogP contribution in [0.25, 0.3) is 0 Å². The second-order valence-corrected chi connectivity index (χ2v) is 7.32. The molecule has 0 spiro atoms. The van der Waals surface area contributed by atoms with Crippen molar-refractivity contribution in [3.63, 3.8) is 0 Å². The maximum atomic E-state index is 13.2. The summed E-state index contributed by atoms with van der Waals surface area (Å²) in [5.74, 6) is 1.67. The van der Waals surface area contributed by atoms with Gasteiger partial charge in [0.2, 0.25) is 0 Å². The van der Waals surface area contributed by atoms with Crippen molar-refractivity contribution in [3.8, 4) is 5.75 Å². The number of hydrogen-bond donors (Lipinski definition) is 2. The summed E-state index contributed by atoms with van der Waals surface area (Å²) in [6, 6.07) is 6.82. The van der Waals surface area contributed by atoms with Crippen LogP contribution in [0.2, 0.25) is 0 Å². The lowest BCUT2D eigenvalue weighted by molar-refractivity contribution is 0.141. The highest BCUT2D eigenvalue weighted by Gasteiger charge is 2.21. The Labute approximate surface area is 157 Å². The van der Waals surface area contributed by atoms with Gasteiger partial charge in [0.1, 0.15) is 17.7 Å². The number of nitrogens with zero attached hydrogens (tertiary/aromatic N) is 2. The molecule has 146 valence electrons. The van der Waals surface area contributed by atoms with Gasteiger partial charge in [-0.25, -0.2) is 4.39 Å². The fraction of sp³-hybridized carbons (Fsp3) is 0.650. The zero-order valence-electron chi connectivity index (χ0n) is 16.5. The Hall–Kier alpha value is -1.82. The minimum atomic E-state index is -0.289. The van der Waals surface area contributed by atoms with Crippen LogP contribution in [-0.4, -0.2) is 56.2 Å². The number of guanidine groups is 1. The lowest BCUT2D eigenvalue weighted by Crippen LogP contribution is -2.47. The van der Waals surface area contributed by atoms with Gasteiger partial charge >= 0.3 is 0 Å². The molecule has 1 saturated heterocycles. The van der Waals surface area contributed by atoms with Crippen LogP contribution in [0.15, 0.2) is 29.3 Å². The van der Waals surface area contributed by atoms with Gasteiger partial charge in [0, 0.05) is 32.2 Å². The highest BCUT2D eigenvalue weighted by Crippen LogP contribution is 2.17. The van der Waals surface area contributed by atoms with E-state index in [4.69, 9.17) is 4.74 Å². The first kappa shape index (κ1) is 20.5. The van der Waals surface area contributed by atoms with Crippen molar-refractivity contribution in [2.75, 3.05) is 33.2 Å². The topological polar surface area (TPSA) is 48.9 Å². The molecule has 0 aromatic heterocycles. The van der Waals surface area contributed by atoms with Gasteiger partial charge in [-0.1, -0.05) is 6.07 Å². The number of ether oxygens (including phenoxy) is 1. The average Bonchev–Trinajstić information content (AvgIpc) is 2.62. The van der Waals surface area contributed by atoms with Crippen molar-refractivity contribution < 1.29 is 9.13 Å². The Morgan fingerprint density at radius 1 is 1.35 bits per heavy atom. The van der Waals surface area contributed by atoms with Crippen LogP contribution >= 0.6 is 0 Å². The van der Waals surface area contributed by atoms with E-state index in [1.807, 2.05) is 6.92 Å². The first-order valence-electron chi connectivity index (χ1n) is 9.58. The van der Waals surface area contributed by atoms with Crippen LogP contribution in [0.5, 0.6) is 5.75 Å². The predicted molar refractivity (Wildman–Crippen MR) is 105 cm³/mol. The van der Waals surface area contributed by atoms with E-state index in [-0.39, 0.29) is 11.9 Å². The van der Waals surface area contributed by atoms with Gasteiger partial charge in [0.05, 0.1) is 6.54 Å². The SMILES string of the molecule is CN=C(NCC1CCCN(C(C)C)C1)NCC(C)Oc1cccc(F)c1. The molecule has 1 aliphatic rings. The molecule has 6 heteroatoms. The minimum Gasteiger partial charge on any atom is -0.489 e. The third-order valence-corrected chi connectivity index (χ3v) is 4.75. The number of nitrogens with one attached hydrogen (secondary N) is 2. The van der Waals surface area contributed by atoms with E-state index in [1.54, 1.807) is 19.2 Å². The highest BCUT2D eigenvalue weighted by molar-refractivity contribution is 5.79. The summed E-state index contributed by atoms with van der Waals surface area (Å²) in [7, 11) is 1.77. The van der Waals surface area contributed by atoms with Crippen molar-refractivity contribution in [2.24, 2.45) is 10.9 Å². The Morgan fingerprint density at radius 3 is 2.85 bits per heavy atom. The summed E-state index contributed by atoms with van der Waals surface area (Å²) in [4.78, 5) is 6.83. The van der Waals surface area contributed by atoms with E-state index >= 15 is 0 Å². The monoisotopic (exact) mass is 364 g/mol. The Morgan fingerprint density at radius 2 is 2.15 bits per heavy atom. The Kier molecular flexibility index (Phi) is 8.16. The molecular weight excluding hydrogens is 331 g/mol. The van der Waals surface area contributed by atoms with E-state index in [2.05, 4.69) is 34.4 Å². The van der Waals surface area contributed by atoms with Gasteiger partial charge in [-0.2, -0.15) is 0 Å². The summed E-state index contributed by atoms with van der Waals surface area (Å²) in [6.45, 7) is 10.3. The molecule has 2 rings (SSSR count). The molecule has 2 atom stereocenters. The molecule has 5 nitrogen and oxygen atoms in total. The van der Waals surface area contributed by atoms with E-state index in [0.717, 1.165) is 19.0 Å². The van der Waals surface area contributed by atoms with Crippen LogP contribution in [0, 0.1) is 11.7 Å². The van der Waals surface area contributed by atoms with Gasteiger partial charge in [-0.3, -0.25) is 4.99 Å². The zero-order valence-corrected chi connectivity index (χ0v) is 16.5. The molecule has 1 aliphatic heterocycles. The molecule has 0 radical (unpaired) electrons. The first-order valence-corrected chi connectivity index (χ1v) is 9.58. The lowest BCUT2D eigenvalue weighted by Gasteiger charge is -2.35. The smallest absolute Gasteiger partial charge is 0.191 e. The van der Waals surface area contributed by atoms with Gasteiger partial charge < -0.3 is 20.3 Å². The number of rotatable bonds is 7. The van der Waals surface area contributed by atoms with E-state index < -0.39 is 0 Å². The van der Waals surface area contributed by atoms with Gasteiger partial charge in [-0.15, -0.1) is 0 Å². The van der Waals surface area contributed by atoms with Crippen molar-refractivity contribution >= 4 is 5.96 Å². The normalized spacial score (nSPS) is 20.1. The van der Waals surface area contributed by atoms with Crippen LogP contribution in [0.3, 0.4) is 0 Å². The molecule has 0 bridgehead atoms. The van der Waals surface area contributed by atoms with Crippen LogP contribution in [-0.2, 0) is 0 Å². The van der Waals surface area contributed by atoms with Crippen LogP contribution in [0.1, 0.15) is 33.6 Å². The standard InChI is InChI=1S/C20H33FN4O/c1-15(2)25-10-6-7-17(14-25)13-24-20(22-4)23-12-16(3)26-19-9-5-8-18(21)11-19/h5,8-9,11,15-17H,6-7,10,12-14H2,1-4H3,(H2,22,23,24). The third kappa shape index (κ3) is 6.83. The predicted octanol–water partition coefficient (Wildman–Crippen LogP) is 2.88. The van der Waals surface area contributed by atoms with Crippen molar-refractivity contribution in [3.05, 3.63) is 30.1 Å². The van der Waals surface area contributed by atoms with Crippen molar-refractivity contribution in [1.29, 1.82) is 0 Å². The number of hydrogen-bond acceptors (Lipinski definition) is 3. The number of aliphatic imine (C=N–C) groups is 1. The summed E-state index contributed by atoms with van der Waals surface area (Å²) >= 11 is 0. The number of likely N-dealkylation sites (tertiary alicyclic amines) is 1. The summed E-state index contributed by atoms with van der Waals surface area (Å²) in [6.07, 6.45) is 2.42. The minimum absolute atomic E-state index is 0.0959. The number of halogens is 1. The fourth-order valence-corrected chi connectivity index (χ4v) is 3.25. The Balaban J connectivity index is 1.72. The van der Waals surface area contributed by atoms with Gasteiger partial charge in [0.15, 0.2) is 5.96 Å². The molecule has 2 N–H and O–H groups in total. The summed E-state index contributed by atoms with van der Waals surface area (Å²) in [5, 5.41) is 6.71. The Bertz CT molecular complexity index is 579. The molecule has 1 heterocycles. The molecule has 1 aromatic rings. The average molecular weight is 365 g/mol. The van der Waals surface area contributed by atoms with E-state index in [0.29, 0.717) is 24.3 Å². The van der Waals surface area contributed by atoms with Gasteiger partial charge in [0.25, 0.3) is 0 Å². The molecule has 1 fully saturated rings. The maximum Gasteiger partial charge on any atom is 0.191 e. The zero-order chi connectivity index (χ0) is 18.9. The van der Waals surface area contributed by atoms with Crippen molar-refractivity contribution in [1.82, 2.24) is 15.5 Å². The van der Waals surface area contributed by atoms with Gasteiger partial charge in [-0.05, 0) is 58.2 Å². The first-order chi connectivity index (χ1) is 12.5. The molecule has 2 unspecified atom stereocenters. The highest BCUT2D eigenvalue weighted by atomic mass is 19.1. The fourth-order valence-electron chi connectivity index (χ4n) is 3.25. The lowest BCUT2D eigenvalue weighted by atomic mass is 9.97. The van der Waals surface area contributed by atoms with E-state index in [1.165, 1.54) is 31.5 Å². The molecule has 0 amide bonds. The van der Waals surface area contributed by atoms with E-state index in [9.17, 15) is 4.39 Å². The molecule has 1 aromatic carbocycles. The van der Waals surface area contributed by atoms with Crippen LogP contribution < -0.4 is 15.4 Å².